The number of amides is 4. The van der Waals surface area contributed by atoms with E-state index in [1.54, 1.807) is 0 Å². The standard InChI is InChI=1S/C12H11N3O3.2C2H6/c16-9-12(10(17)15-11(18)14-9)5-7-3-1-2-4-8(7)13-6-12;2*1-2/h1-4,13H,5-6H2,(H2,14,15,16,17,18);2*1-2H3. The minimum atomic E-state index is -1.23. The van der Waals surface area contributed by atoms with Crippen molar-refractivity contribution in [1.82, 2.24) is 10.6 Å². The van der Waals surface area contributed by atoms with Crippen molar-refractivity contribution >= 4 is 23.5 Å². The molecule has 22 heavy (non-hydrogen) atoms. The molecule has 0 aromatic heterocycles. The third-order valence-electron chi connectivity index (χ3n) is 3.41. The second-order valence-electron chi connectivity index (χ2n) is 4.51. The number of hydrogen-bond acceptors (Lipinski definition) is 4. The van der Waals surface area contributed by atoms with E-state index < -0.39 is 23.3 Å². The second-order valence-corrected chi connectivity index (χ2v) is 4.51. The summed E-state index contributed by atoms with van der Waals surface area (Å²) < 4.78 is 0. The predicted octanol–water partition coefficient (Wildman–Crippen LogP) is 2.06. The van der Waals surface area contributed by atoms with Crippen LogP contribution in [0.3, 0.4) is 0 Å². The Kier molecular flexibility index (Phi) is 6.10. The number of rotatable bonds is 0. The van der Waals surface area contributed by atoms with Crippen LogP contribution in [-0.2, 0) is 16.0 Å². The lowest BCUT2D eigenvalue weighted by Gasteiger charge is -2.38. The number of imide groups is 2. The molecule has 3 N–H and O–H groups in total. The Bertz CT molecular complexity index is 550. The first-order chi connectivity index (χ1) is 10.6. The summed E-state index contributed by atoms with van der Waals surface area (Å²) >= 11 is 0. The van der Waals surface area contributed by atoms with Crippen molar-refractivity contribution in [3.8, 4) is 0 Å². The normalized spacial score (nSPS) is 17.5. The van der Waals surface area contributed by atoms with E-state index in [0.29, 0.717) is 6.42 Å². The second kappa shape index (κ2) is 7.59. The zero-order chi connectivity index (χ0) is 16.8. The zero-order valence-corrected chi connectivity index (χ0v) is 13.4. The first kappa shape index (κ1) is 17.7. The topological polar surface area (TPSA) is 87.3 Å². The molecule has 1 fully saturated rings. The molecule has 4 amide bonds. The highest BCUT2D eigenvalue weighted by atomic mass is 16.2. The van der Waals surface area contributed by atoms with Crippen LogP contribution in [0.25, 0.3) is 0 Å². The molecule has 0 radical (unpaired) electrons. The van der Waals surface area contributed by atoms with Crippen LogP contribution in [0.5, 0.6) is 0 Å². The quantitative estimate of drug-likeness (QED) is 0.640. The highest BCUT2D eigenvalue weighted by Crippen LogP contribution is 2.34. The molecule has 0 saturated carbocycles. The molecule has 1 spiro atoms. The Morgan fingerprint density at radius 1 is 0.909 bits per heavy atom. The fourth-order valence-corrected chi connectivity index (χ4v) is 2.38. The molecule has 6 heteroatoms. The van der Waals surface area contributed by atoms with Crippen molar-refractivity contribution < 1.29 is 14.4 Å². The molecule has 1 saturated heterocycles. The van der Waals surface area contributed by atoms with Gasteiger partial charge in [-0.2, -0.15) is 0 Å². The lowest BCUT2D eigenvalue weighted by molar-refractivity contribution is -0.143. The molecular weight excluding hydrogens is 282 g/mol. The fraction of sp³-hybridized carbons (Fsp3) is 0.438. The van der Waals surface area contributed by atoms with Crippen LogP contribution in [0.4, 0.5) is 10.5 Å². The van der Waals surface area contributed by atoms with Gasteiger partial charge in [0.1, 0.15) is 5.41 Å². The average molecular weight is 305 g/mol. The number of fused-ring (bicyclic) bond motifs is 1. The first-order valence-corrected chi connectivity index (χ1v) is 7.60. The molecule has 0 unspecified atom stereocenters. The smallest absolute Gasteiger partial charge is 0.328 e. The average Bonchev–Trinajstić information content (AvgIpc) is 2.56. The molecule has 1 aromatic rings. The number of urea groups is 1. The highest BCUT2D eigenvalue weighted by molar-refractivity contribution is 6.20. The summed E-state index contributed by atoms with van der Waals surface area (Å²) in [4.78, 5) is 35.0. The van der Waals surface area contributed by atoms with Crippen LogP contribution in [-0.4, -0.2) is 24.4 Å². The molecule has 1 aromatic carbocycles. The van der Waals surface area contributed by atoms with Gasteiger partial charge in [-0.15, -0.1) is 0 Å². The number of barbiturate groups is 1. The van der Waals surface area contributed by atoms with E-state index in [4.69, 9.17) is 0 Å². The molecule has 2 aliphatic rings. The number of hydrogen-bond donors (Lipinski definition) is 3. The number of carbonyl (C=O) groups excluding carboxylic acids is 3. The number of benzene rings is 1. The minimum absolute atomic E-state index is 0.189. The summed E-state index contributed by atoms with van der Waals surface area (Å²) in [5.41, 5.74) is 0.575. The number of para-hydroxylation sites is 1. The summed E-state index contributed by atoms with van der Waals surface area (Å²) in [5.74, 6) is -1.09. The van der Waals surface area contributed by atoms with Gasteiger partial charge in [0.25, 0.3) is 0 Å². The van der Waals surface area contributed by atoms with Gasteiger partial charge in [-0.05, 0) is 18.1 Å². The Balaban J connectivity index is 0.000000561. The van der Waals surface area contributed by atoms with E-state index in [9.17, 15) is 14.4 Å². The molecule has 0 bridgehead atoms. The van der Waals surface area contributed by atoms with Crippen molar-refractivity contribution in [3.05, 3.63) is 29.8 Å². The van der Waals surface area contributed by atoms with Crippen LogP contribution in [0.15, 0.2) is 24.3 Å². The lowest BCUT2D eigenvalue weighted by atomic mass is 9.76. The van der Waals surface area contributed by atoms with E-state index in [2.05, 4.69) is 16.0 Å². The third-order valence-corrected chi connectivity index (χ3v) is 3.41. The van der Waals surface area contributed by atoms with Crippen LogP contribution in [0, 0.1) is 5.41 Å². The third kappa shape index (κ3) is 3.10. The molecule has 0 atom stereocenters. The van der Waals surface area contributed by atoms with Crippen LogP contribution in [0.1, 0.15) is 33.3 Å². The van der Waals surface area contributed by atoms with E-state index in [1.165, 1.54) is 0 Å². The van der Waals surface area contributed by atoms with Crippen LogP contribution < -0.4 is 16.0 Å². The largest absolute Gasteiger partial charge is 0.383 e. The maximum Gasteiger partial charge on any atom is 0.328 e. The van der Waals surface area contributed by atoms with Gasteiger partial charge < -0.3 is 5.32 Å². The molecule has 120 valence electrons. The number of carbonyl (C=O) groups is 3. The Labute approximate surface area is 130 Å². The van der Waals surface area contributed by atoms with Crippen molar-refractivity contribution in [2.75, 3.05) is 11.9 Å². The van der Waals surface area contributed by atoms with Gasteiger partial charge in [0, 0.05) is 12.2 Å². The molecular formula is C16H23N3O3. The molecule has 0 aliphatic carbocycles. The summed E-state index contributed by atoms with van der Waals surface area (Å²) in [6.45, 7) is 8.19. The van der Waals surface area contributed by atoms with Gasteiger partial charge in [0.2, 0.25) is 11.8 Å². The lowest BCUT2D eigenvalue weighted by Crippen LogP contribution is -2.66. The van der Waals surface area contributed by atoms with Gasteiger partial charge in [-0.25, -0.2) is 4.79 Å². The molecule has 2 aliphatic heterocycles. The predicted molar refractivity (Wildman–Crippen MR) is 85.4 cm³/mol. The number of nitrogens with one attached hydrogen (secondary N) is 3. The summed E-state index contributed by atoms with van der Waals surface area (Å²) in [6, 6.07) is 6.73. The summed E-state index contributed by atoms with van der Waals surface area (Å²) in [7, 11) is 0. The van der Waals surface area contributed by atoms with Gasteiger partial charge >= 0.3 is 6.03 Å². The number of anilines is 1. The highest BCUT2D eigenvalue weighted by Gasteiger charge is 2.51. The van der Waals surface area contributed by atoms with E-state index in [1.807, 2.05) is 52.0 Å². The van der Waals surface area contributed by atoms with Crippen molar-refractivity contribution in [2.45, 2.75) is 34.1 Å². The van der Waals surface area contributed by atoms with Crippen molar-refractivity contribution in [2.24, 2.45) is 5.41 Å². The maximum atomic E-state index is 12.0. The molecule has 3 rings (SSSR count). The Morgan fingerprint density at radius 2 is 1.45 bits per heavy atom. The van der Waals surface area contributed by atoms with E-state index in [-0.39, 0.29) is 6.54 Å². The van der Waals surface area contributed by atoms with Gasteiger partial charge in [-0.1, -0.05) is 45.9 Å². The molecule has 6 nitrogen and oxygen atoms in total. The molecule has 2 heterocycles. The maximum absolute atomic E-state index is 12.0. The van der Waals surface area contributed by atoms with E-state index in [0.717, 1.165) is 11.3 Å². The van der Waals surface area contributed by atoms with Crippen LogP contribution >= 0.6 is 0 Å². The summed E-state index contributed by atoms with van der Waals surface area (Å²) in [6.07, 6.45) is 0.293. The zero-order valence-electron chi connectivity index (χ0n) is 13.4. The minimum Gasteiger partial charge on any atom is -0.383 e. The fourth-order valence-electron chi connectivity index (χ4n) is 2.38. The van der Waals surface area contributed by atoms with Gasteiger partial charge in [-0.3, -0.25) is 20.2 Å². The van der Waals surface area contributed by atoms with Gasteiger partial charge in [0.15, 0.2) is 0 Å². The van der Waals surface area contributed by atoms with Gasteiger partial charge in [0.05, 0.1) is 0 Å². The van der Waals surface area contributed by atoms with Crippen LogP contribution in [0.2, 0.25) is 0 Å². The summed E-state index contributed by atoms with van der Waals surface area (Å²) in [5, 5.41) is 7.37. The monoisotopic (exact) mass is 305 g/mol. The first-order valence-electron chi connectivity index (χ1n) is 7.60. The Hall–Kier alpha value is -2.37. The SMILES string of the molecule is CC.CC.O=C1NC(=O)C2(CNc3ccccc3C2)C(=O)N1. The van der Waals surface area contributed by atoms with E-state index >= 15 is 0 Å². The van der Waals surface area contributed by atoms with Crippen molar-refractivity contribution in [3.63, 3.8) is 0 Å². The Morgan fingerprint density at radius 3 is 2.05 bits per heavy atom. The van der Waals surface area contributed by atoms with Crippen molar-refractivity contribution in [1.29, 1.82) is 0 Å².